The fourth-order valence-electron chi connectivity index (χ4n) is 3.33. The minimum atomic E-state index is -0.423. The number of hydrogen-bond donors (Lipinski definition) is 1. The molecule has 1 N–H and O–H groups in total. The van der Waals surface area contributed by atoms with Crippen molar-refractivity contribution in [3.63, 3.8) is 0 Å². The average Bonchev–Trinajstić information content (AvgIpc) is 2.77. The number of aromatic nitrogens is 3. The predicted molar refractivity (Wildman–Crippen MR) is 113 cm³/mol. The van der Waals surface area contributed by atoms with E-state index in [9.17, 15) is 9.59 Å². The van der Waals surface area contributed by atoms with Gasteiger partial charge in [-0.2, -0.15) is 0 Å². The molecule has 0 spiro atoms. The molecule has 0 aromatic carbocycles. The molecule has 1 fully saturated rings. The zero-order chi connectivity index (χ0) is 21.3. The van der Waals surface area contributed by atoms with Crippen molar-refractivity contribution in [3.05, 3.63) is 47.5 Å². The Morgan fingerprint density at radius 2 is 1.87 bits per heavy atom. The summed E-state index contributed by atoms with van der Waals surface area (Å²) < 4.78 is 4.98. The number of nitrogens with one attached hydrogen (secondary N) is 1. The monoisotopic (exact) mass is 412 g/mol. The molecule has 0 unspecified atom stereocenters. The minimum Gasteiger partial charge on any atom is -0.462 e. The van der Waals surface area contributed by atoms with Gasteiger partial charge in [0.1, 0.15) is 5.69 Å². The number of hydrogen-bond acceptors (Lipinski definition) is 8. The van der Waals surface area contributed by atoms with Crippen LogP contribution in [0.15, 0.2) is 30.6 Å². The summed E-state index contributed by atoms with van der Waals surface area (Å²) in [6.07, 6.45) is 4.38. The van der Waals surface area contributed by atoms with E-state index >= 15 is 0 Å². The summed E-state index contributed by atoms with van der Waals surface area (Å²) in [5.41, 5.74) is 1.17. The first-order chi connectivity index (χ1) is 14.6. The van der Waals surface area contributed by atoms with Crippen molar-refractivity contribution < 1.29 is 14.3 Å². The number of pyridine rings is 1. The average molecular weight is 412 g/mol. The predicted octanol–water partition coefficient (Wildman–Crippen LogP) is 1.30. The molecule has 9 nitrogen and oxygen atoms in total. The van der Waals surface area contributed by atoms with Crippen LogP contribution < -0.4 is 10.2 Å². The molecule has 3 rings (SSSR count). The zero-order valence-corrected chi connectivity index (χ0v) is 17.5. The number of piperazine rings is 1. The largest absolute Gasteiger partial charge is 0.462 e. The fraction of sp³-hybridized carbons (Fsp3) is 0.476. The van der Waals surface area contributed by atoms with E-state index in [2.05, 4.69) is 30.1 Å². The van der Waals surface area contributed by atoms with E-state index in [-0.39, 0.29) is 5.91 Å². The minimum absolute atomic E-state index is 0.237. The van der Waals surface area contributed by atoms with Gasteiger partial charge in [-0.15, -0.1) is 0 Å². The van der Waals surface area contributed by atoms with E-state index in [0.29, 0.717) is 30.1 Å². The van der Waals surface area contributed by atoms with Gasteiger partial charge in [-0.05, 0) is 45.0 Å². The highest BCUT2D eigenvalue weighted by Gasteiger charge is 2.18. The van der Waals surface area contributed by atoms with Gasteiger partial charge in [-0.25, -0.2) is 19.7 Å². The molecular formula is C21H28N6O3. The lowest BCUT2D eigenvalue weighted by Crippen LogP contribution is -2.47. The first-order valence-corrected chi connectivity index (χ1v) is 10.3. The number of aryl methyl sites for hydroxylation is 1. The van der Waals surface area contributed by atoms with E-state index in [1.807, 2.05) is 6.07 Å². The van der Waals surface area contributed by atoms with Crippen LogP contribution in [0.2, 0.25) is 0 Å². The zero-order valence-electron chi connectivity index (χ0n) is 17.5. The Hall–Kier alpha value is -3.07. The third-order valence-electron chi connectivity index (χ3n) is 4.96. The van der Waals surface area contributed by atoms with Gasteiger partial charge in [0.25, 0.3) is 5.91 Å². The molecule has 9 heteroatoms. The van der Waals surface area contributed by atoms with E-state index < -0.39 is 5.97 Å². The van der Waals surface area contributed by atoms with Crippen LogP contribution in [0.1, 0.15) is 39.9 Å². The van der Waals surface area contributed by atoms with Crippen LogP contribution >= 0.6 is 0 Å². The van der Waals surface area contributed by atoms with Gasteiger partial charge in [0.15, 0.2) is 0 Å². The number of rotatable bonds is 8. The molecule has 2 aromatic heterocycles. The van der Waals surface area contributed by atoms with Crippen molar-refractivity contribution in [3.8, 4) is 0 Å². The molecule has 0 aliphatic carbocycles. The van der Waals surface area contributed by atoms with Gasteiger partial charge in [0.05, 0.1) is 17.9 Å². The van der Waals surface area contributed by atoms with Crippen molar-refractivity contribution in [2.45, 2.75) is 20.3 Å². The van der Waals surface area contributed by atoms with Crippen molar-refractivity contribution >= 4 is 17.8 Å². The Balaban J connectivity index is 1.38. The van der Waals surface area contributed by atoms with Crippen LogP contribution in [0, 0.1) is 6.92 Å². The standard InChI is InChI=1S/C21H28N6O3/c1-3-30-20(29)17-6-7-18(25-16(17)2)19(28)22-10-5-11-26-12-14-27(15-13-26)21-23-8-4-9-24-21/h4,6-9H,3,5,10-15H2,1-2H3,(H,22,28). The molecule has 0 saturated carbocycles. The molecule has 160 valence electrons. The summed E-state index contributed by atoms with van der Waals surface area (Å²) in [6, 6.07) is 4.96. The van der Waals surface area contributed by atoms with E-state index in [1.54, 1.807) is 38.4 Å². The fourth-order valence-corrected chi connectivity index (χ4v) is 3.33. The van der Waals surface area contributed by atoms with Crippen LogP contribution in [0.3, 0.4) is 0 Å². The lowest BCUT2D eigenvalue weighted by molar-refractivity contribution is 0.0524. The third kappa shape index (κ3) is 5.73. The number of amides is 1. The lowest BCUT2D eigenvalue weighted by atomic mass is 10.2. The molecular weight excluding hydrogens is 384 g/mol. The molecule has 0 bridgehead atoms. The van der Waals surface area contributed by atoms with Gasteiger partial charge >= 0.3 is 5.97 Å². The first-order valence-electron chi connectivity index (χ1n) is 10.3. The molecule has 0 radical (unpaired) electrons. The molecule has 3 heterocycles. The highest BCUT2D eigenvalue weighted by atomic mass is 16.5. The maximum Gasteiger partial charge on any atom is 0.339 e. The second kappa shape index (κ2) is 10.6. The number of nitrogens with zero attached hydrogens (tertiary/aromatic N) is 5. The molecule has 1 aliphatic rings. The van der Waals surface area contributed by atoms with E-state index in [4.69, 9.17) is 4.74 Å². The maximum absolute atomic E-state index is 12.3. The van der Waals surface area contributed by atoms with Crippen molar-refractivity contribution in [1.82, 2.24) is 25.2 Å². The summed E-state index contributed by atoms with van der Waals surface area (Å²) in [5, 5.41) is 2.90. The molecule has 1 aliphatic heterocycles. The Labute approximate surface area is 176 Å². The van der Waals surface area contributed by atoms with Crippen LogP contribution in [0.5, 0.6) is 0 Å². The summed E-state index contributed by atoms with van der Waals surface area (Å²) >= 11 is 0. The van der Waals surface area contributed by atoms with Gasteiger partial charge in [0, 0.05) is 45.1 Å². The molecule has 0 atom stereocenters. The van der Waals surface area contributed by atoms with Crippen LogP contribution in [-0.2, 0) is 4.74 Å². The number of anilines is 1. The molecule has 30 heavy (non-hydrogen) atoms. The Morgan fingerprint density at radius 3 is 2.53 bits per heavy atom. The maximum atomic E-state index is 12.3. The summed E-state index contributed by atoms with van der Waals surface area (Å²) in [4.78, 5) is 41.6. The topological polar surface area (TPSA) is 101 Å². The summed E-state index contributed by atoms with van der Waals surface area (Å²) in [6.45, 7) is 8.92. The number of ether oxygens (including phenoxy) is 1. The Bertz CT molecular complexity index is 853. The van der Waals surface area contributed by atoms with E-state index in [0.717, 1.165) is 45.1 Å². The molecule has 1 amide bonds. The summed E-state index contributed by atoms with van der Waals surface area (Å²) in [7, 11) is 0. The normalized spacial score (nSPS) is 14.4. The SMILES string of the molecule is CCOC(=O)c1ccc(C(=O)NCCCN2CCN(c3ncccn3)CC2)nc1C. The quantitative estimate of drug-likeness (QED) is 0.512. The van der Waals surface area contributed by atoms with Gasteiger partial charge in [-0.3, -0.25) is 9.69 Å². The second-order valence-electron chi connectivity index (χ2n) is 7.04. The van der Waals surface area contributed by atoms with Crippen LogP contribution in [0.4, 0.5) is 5.95 Å². The van der Waals surface area contributed by atoms with Gasteiger partial charge in [-0.1, -0.05) is 0 Å². The molecule has 1 saturated heterocycles. The summed E-state index contributed by atoms with van der Waals surface area (Å²) in [5.74, 6) is 0.120. The van der Waals surface area contributed by atoms with Crippen LogP contribution in [-0.4, -0.2) is 77.6 Å². The highest BCUT2D eigenvalue weighted by Crippen LogP contribution is 2.10. The third-order valence-corrected chi connectivity index (χ3v) is 4.96. The van der Waals surface area contributed by atoms with Crippen molar-refractivity contribution in [1.29, 1.82) is 0 Å². The van der Waals surface area contributed by atoms with E-state index in [1.165, 1.54) is 0 Å². The Kier molecular flexibility index (Phi) is 7.67. The van der Waals surface area contributed by atoms with Crippen molar-refractivity contribution in [2.75, 3.05) is 50.8 Å². The van der Waals surface area contributed by atoms with Gasteiger partial charge < -0.3 is 15.0 Å². The van der Waals surface area contributed by atoms with Crippen LogP contribution in [0.25, 0.3) is 0 Å². The number of carbonyl (C=O) groups excluding carboxylic acids is 2. The van der Waals surface area contributed by atoms with Gasteiger partial charge in [0.2, 0.25) is 5.95 Å². The Morgan fingerprint density at radius 1 is 1.13 bits per heavy atom. The second-order valence-corrected chi connectivity index (χ2v) is 7.04. The number of esters is 1. The highest BCUT2D eigenvalue weighted by molar-refractivity contribution is 5.95. The number of carbonyl (C=O) groups is 2. The first kappa shape index (κ1) is 21.6. The molecule has 2 aromatic rings. The smallest absolute Gasteiger partial charge is 0.339 e. The van der Waals surface area contributed by atoms with Crippen molar-refractivity contribution in [2.24, 2.45) is 0 Å². The lowest BCUT2D eigenvalue weighted by Gasteiger charge is -2.34.